The lowest BCUT2D eigenvalue weighted by atomic mass is 10.1. The molecule has 0 unspecified atom stereocenters. The highest BCUT2D eigenvalue weighted by atomic mass is 32.1. The highest BCUT2D eigenvalue weighted by Crippen LogP contribution is 2.23. The summed E-state index contributed by atoms with van der Waals surface area (Å²) in [5.74, 6) is 0.694. The van der Waals surface area contributed by atoms with Crippen molar-refractivity contribution < 1.29 is 9.53 Å². The third-order valence-corrected chi connectivity index (χ3v) is 5.31. The van der Waals surface area contributed by atoms with Crippen LogP contribution in [0, 0.1) is 5.92 Å². The van der Waals surface area contributed by atoms with E-state index in [-0.39, 0.29) is 12.0 Å². The summed E-state index contributed by atoms with van der Waals surface area (Å²) in [5, 5.41) is 2.93. The number of nitrogens with zero attached hydrogens (tertiary/aromatic N) is 3. The van der Waals surface area contributed by atoms with Crippen LogP contribution in [-0.4, -0.2) is 60.5 Å². The Hall–Kier alpha value is -0.980. The molecule has 2 rings (SSSR count). The van der Waals surface area contributed by atoms with Gasteiger partial charge in [0.15, 0.2) is 0 Å². The minimum absolute atomic E-state index is 0.00350. The van der Waals surface area contributed by atoms with Crippen molar-refractivity contribution in [3.05, 3.63) is 16.1 Å². The second-order valence-corrected chi connectivity index (χ2v) is 7.15. The Kier molecular flexibility index (Phi) is 5.94. The van der Waals surface area contributed by atoms with E-state index in [0.717, 1.165) is 23.8 Å². The second-order valence-electron chi connectivity index (χ2n) is 6.26. The lowest BCUT2D eigenvalue weighted by Crippen LogP contribution is -2.36. The Morgan fingerprint density at radius 1 is 1.55 bits per heavy atom. The molecule has 0 saturated carbocycles. The van der Waals surface area contributed by atoms with E-state index in [1.165, 1.54) is 0 Å². The monoisotopic (exact) mass is 325 g/mol. The summed E-state index contributed by atoms with van der Waals surface area (Å²) in [6.07, 6.45) is 0.395. The molecule has 3 atom stereocenters. The fourth-order valence-corrected chi connectivity index (χ4v) is 3.83. The second kappa shape index (κ2) is 7.53. The topological polar surface area (TPSA) is 45.7 Å². The molecule has 0 spiro atoms. The molecule has 1 aromatic heterocycles. The van der Waals surface area contributed by atoms with Crippen LogP contribution < -0.4 is 0 Å². The van der Waals surface area contributed by atoms with Crippen LogP contribution in [0.25, 0.3) is 0 Å². The SMILES string of the molecule is CCO[C@H](C)c1nc(CC(=O)N2C[C@@H](N(C)C)[C@@H](C)C2)cs1. The standard InChI is InChI=1S/C16H27N3O2S/c1-6-21-12(3)16-17-13(10-22-16)7-15(20)19-8-11(2)14(9-19)18(4)5/h10-12,14H,6-9H2,1-5H3/t11-,12+,14+/m0/s1. The van der Waals surface area contributed by atoms with E-state index in [1.54, 1.807) is 11.3 Å². The molecule has 6 heteroatoms. The molecule has 0 N–H and O–H groups in total. The number of likely N-dealkylation sites (tertiary alicyclic amines) is 1. The largest absolute Gasteiger partial charge is 0.372 e. The molecule has 1 amide bonds. The Morgan fingerprint density at radius 2 is 2.27 bits per heavy atom. The van der Waals surface area contributed by atoms with Crippen molar-refractivity contribution in [2.75, 3.05) is 33.8 Å². The van der Waals surface area contributed by atoms with Crippen molar-refractivity contribution in [3.63, 3.8) is 0 Å². The van der Waals surface area contributed by atoms with Crippen LogP contribution in [0.4, 0.5) is 0 Å². The number of amides is 1. The van der Waals surface area contributed by atoms with E-state index in [0.29, 0.717) is 25.0 Å². The zero-order valence-corrected chi connectivity index (χ0v) is 15.0. The number of carbonyl (C=O) groups is 1. The van der Waals surface area contributed by atoms with Crippen LogP contribution in [0.3, 0.4) is 0 Å². The molecule has 0 bridgehead atoms. The molecule has 5 nitrogen and oxygen atoms in total. The summed E-state index contributed by atoms with van der Waals surface area (Å²) in [6.45, 7) is 8.52. The Balaban J connectivity index is 1.93. The summed E-state index contributed by atoms with van der Waals surface area (Å²) in [6, 6.07) is 0.452. The molecule has 1 fully saturated rings. The number of hydrogen-bond donors (Lipinski definition) is 0. The number of carbonyl (C=O) groups excluding carboxylic acids is 1. The Morgan fingerprint density at radius 3 is 2.86 bits per heavy atom. The number of aromatic nitrogens is 1. The van der Waals surface area contributed by atoms with Crippen LogP contribution in [0.15, 0.2) is 5.38 Å². The minimum Gasteiger partial charge on any atom is -0.372 e. The van der Waals surface area contributed by atoms with E-state index in [9.17, 15) is 4.79 Å². The first-order valence-corrected chi connectivity index (χ1v) is 8.80. The maximum absolute atomic E-state index is 12.5. The third kappa shape index (κ3) is 4.06. The van der Waals surface area contributed by atoms with Crippen LogP contribution >= 0.6 is 11.3 Å². The smallest absolute Gasteiger partial charge is 0.228 e. The molecule has 0 radical (unpaired) electrons. The first-order chi connectivity index (χ1) is 10.4. The van der Waals surface area contributed by atoms with Gasteiger partial charge in [-0.2, -0.15) is 0 Å². The molecule has 1 saturated heterocycles. The average Bonchev–Trinajstić information content (AvgIpc) is 3.05. The summed E-state index contributed by atoms with van der Waals surface area (Å²) >= 11 is 1.57. The molecular formula is C16H27N3O2S. The van der Waals surface area contributed by atoms with Gasteiger partial charge in [-0.05, 0) is 33.9 Å². The molecular weight excluding hydrogens is 298 g/mol. The van der Waals surface area contributed by atoms with Gasteiger partial charge in [-0.3, -0.25) is 4.79 Å². The van der Waals surface area contributed by atoms with Gasteiger partial charge in [0, 0.05) is 31.1 Å². The molecule has 1 aliphatic rings. The number of hydrogen-bond acceptors (Lipinski definition) is 5. The minimum atomic E-state index is 0.00350. The fraction of sp³-hybridized carbons (Fsp3) is 0.750. The van der Waals surface area contributed by atoms with Crippen molar-refractivity contribution in [2.24, 2.45) is 5.92 Å². The molecule has 22 heavy (non-hydrogen) atoms. The molecule has 1 aliphatic heterocycles. The Bertz CT molecular complexity index is 503. The number of ether oxygens (including phenoxy) is 1. The van der Waals surface area contributed by atoms with E-state index in [1.807, 2.05) is 24.1 Å². The predicted molar refractivity (Wildman–Crippen MR) is 89.1 cm³/mol. The highest BCUT2D eigenvalue weighted by molar-refractivity contribution is 7.09. The van der Waals surface area contributed by atoms with Crippen molar-refractivity contribution in [1.82, 2.24) is 14.8 Å². The van der Waals surface area contributed by atoms with Gasteiger partial charge < -0.3 is 14.5 Å². The van der Waals surface area contributed by atoms with E-state index < -0.39 is 0 Å². The summed E-state index contributed by atoms with van der Waals surface area (Å²) < 4.78 is 5.55. The van der Waals surface area contributed by atoms with E-state index >= 15 is 0 Å². The number of likely N-dealkylation sites (N-methyl/N-ethyl adjacent to an activating group) is 1. The van der Waals surface area contributed by atoms with Gasteiger partial charge in [0.05, 0.1) is 12.1 Å². The zero-order valence-electron chi connectivity index (χ0n) is 14.2. The molecule has 0 aromatic carbocycles. The van der Waals surface area contributed by atoms with Gasteiger partial charge in [-0.15, -0.1) is 11.3 Å². The van der Waals surface area contributed by atoms with Gasteiger partial charge in [0.1, 0.15) is 11.1 Å². The lowest BCUT2D eigenvalue weighted by Gasteiger charge is -2.22. The van der Waals surface area contributed by atoms with E-state index in [2.05, 4.69) is 30.9 Å². The Labute approximate surface area is 137 Å². The fourth-order valence-electron chi connectivity index (χ4n) is 3.00. The van der Waals surface area contributed by atoms with E-state index in [4.69, 9.17) is 4.74 Å². The predicted octanol–water partition coefficient (Wildman–Crippen LogP) is 2.19. The van der Waals surface area contributed by atoms with Crippen LogP contribution in [0.1, 0.15) is 37.6 Å². The van der Waals surface area contributed by atoms with Crippen molar-refractivity contribution in [3.8, 4) is 0 Å². The van der Waals surface area contributed by atoms with Gasteiger partial charge in [-0.25, -0.2) is 4.98 Å². The lowest BCUT2D eigenvalue weighted by molar-refractivity contribution is -0.129. The van der Waals surface area contributed by atoms with Gasteiger partial charge in [0.25, 0.3) is 0 Å². The third-order valence-electron chi connectivity index (χ3n) is 4.25. The first kappa shape index (κ1) is 17.4. The average molecular weight is 325 g/mol. The molecule has 2 heterocycles. The van der Waals surface area contributed by atoms with Crippen LogP contribution in [-0.2, 0) is 16.0 Å². The van der Waals surface area contributed by atoms with Crippen molar-refractivity contribution >= 4 is 17.2 Å². The molecule has 1 aromatic rings. The highest BCUT2D eigenvalue weighted by Gasteiger charge is 2.33. The summed E-state index contributed by atoms with van der Waals surface area (Å²) in [5.41, 5.74) is 0.859. The quantitative estimate of drug-likeness (QED) is 0.804. The van der Waals surface area contributed by atoms with Crippen molar-refractivity contribution in [1.29, 1.82) is 0 Å². The van der Waals surface area contributed by atoms with Gasteiger partial charge in [0.2, 0.25) is 5.91 Å². The first-order valence-electron chi connectivity index (χ1n) is 7.92. The van der Waals surface area contributed by atoms with Crippen LogP contribution in [0.2, 0.25) is 0 Å². The molecule has 0 aliphatic carbocycles. The zero-order chi connectivity index (χ0) is 16.3. The number of thiazole rings is 1. The number of rotatable bonds is 6. The normalized spacial score (nSPS) is 23.3. The maximum atomic E-state index is 12.5. The maximum Gasteiger partial charge on any atom is 0.228 e. The summed E-state index contributed by atoms with van der Waals surface area (Å²) in [7, 11) is 4.16. The van der Waals surface area contributed by atoms with Gasteiger partial charge in [-0.1, -0.05) is 6.92 Å². The summed E-state index contributed by atoms with van der Waals surface area (Å²) in [4.78, 5) is 21.2. The van der Waals surface area contributed by atoms with Crippen molar-refractivity contribution in [2.45, 2.75) is 39.3 Å². The van der Waals surface area contributed by atoms with Crippen LogP contribution in [0.5, 0.6) is 0 Å². The van der Waals surface area contributed by atoms with Gasteiger partial charge >= 0.3 is 0 Å². The molecule has 124 valence electrons.